The van der Waals surface area contributed by atoms with Gasteiger partial charge in [-0.05, 0) is 31.2 Å². The zero-order chi connectivity index (χ0) is 15.9. The maximum Gasteiger partial charge on any atom is 0.244 e. The SMILES string of the molecule is COc1ccc(C)cc1/C=C/C(=O)NCc1ccccc1F. The van der Waals surface area contributed by atoms with Gasteiger partial charge in [-0.1, -0.05) is 29.8 Å². The van der Waals surface area contributed by atoms with E-state index in [-0.39, 0.29) is 18.3 Å². The van der Waals surface area contributed by atoms with Gasteiger partial charge in [-0.2, -0.15) is 0 Å². The number of benzene rings is 2. The largest absolute Gasteiger partial charge is 0.496 e. The molecule has 114 valence electrons. The monoisotopic (exact) mass is 299 g/mol. The molecule has 2 aromatic rings. The second kappa shape index (κ2) is 7.41. The van der Waals surface area contributed by atoms with Crippen LogP contribution in [-0.2, 0) is 11.3 Å². The highest BCUT2D eigenvalue weighted by Crippen LogP contribution is 2.20. The van der Waals surface area contributed by atoms with E-state index in [9.17, 15) is 9.18 Å². The number of hydrogen-bond donors (Lipinski definition) is 1. The summed E-state index contributed by atoms with van der Waals surface area (Å²) in [7, 11) is 1.58. The van der Waals surface area contributed by atoms with E-state index in [1.54, 1.807) is 31.4 Å². The minimum Gasteiger partial charge on any atom is -0.496 e. The fraction of sp³-hybridized carbons (Fsp3) is 0.167. The molecule has 0 atom stereocenters. The molecule has 0 aliphatic heterocycles. The van der Waals surface area contributed by atoms with Gasteiger partial charge in [-0.15, -0.1) is 0 Å². The van der Waals surface area contributed by atoms with Crippen molar-refractivity contribution >= 4 is 12.0 Å². The molecule has 22 heavy (non-hydrogen) atoms. The number of carbonyl (C=O) groups excluding carboxylic acids is 1. The number of aryl methyl sites for hydroxylation is 1. The Labute approximate surface area is 129 Å². The van der Waals surface area contributed by atoms with Gasteiger partial charge in [0.2, 0.25) is 5.91 Å². The highest BCUT2D eigenvalue weighted by atomic mass is 19.1. The molecule has 2 rings (SSSR count). The Morgan fingerprint density at radius 3 is 2.77 bits per heavy atom. The minimum absolute atomic E-state index is 0.154. The van der Waals surface area contributed by atoms with Crippen molar-refractivity contribution in [2.45, 2.75) is 13.5 Å². The summed E-state index contributed by atoms with van der Waals surface area (Å²) in [5, 5.41) is 2.66. The predicted molar refractivity (Wildman–Crippen MR) is 85.0 cm³/mol. The highest BCUT2D eigenvalue weighted by molar-refractivity contribution is 5.92. The summed E-state index contributed by atoms with van der Waals surface area (Å²) in [4.78, 5) is 11.8. The first kappa shape index (κ1) is 15.8. The Morgan fingerprint density at radius 1 is 1.27 bits per heavy atom. The topological polar surface area (TPSA) is 38.3 Å². The van der Waals surface area contributed by atoms with E-state index in [1.165, 1.54) is 12.1 Å². The van der Waals surface area contributed by atoms with Crippen LogP contribution in [0.2, 0.25) is 0 Å². The summed E-state index contributed by atoms with van der Waals surface area (Å²) in [5.74, 6) is 0.0858. The van der Waals surface area contributed by atoms with Crippen LogP contribution in [0.1, 0.15) is 16.7 Å². The molecule has 2 aromatic carbocycles. The molecule has 0 aliphatic rings. The minimum atomic E-state index is -0.327. The van der Waals surface area contributed by atoms with Crippen molar-refractivity contribution in [3.63, 3.8) is 0 Å². The summed E-state index contributed by atoms with van der Waals surface area (Å²) in [6, 6.07) is 12.1. The Bertz CT molecular complexity index is 695. The molecule has 0 saturated heterocycles. The maximum absolute atomic E-state index is 13.4. The van der Waals surface area contributed by atoms with Crippen LogP contribution in [0.25, 0.3) is 6.08 Å². The molecular weight excluding hydrogens is 281 g/mol. The van der Waals surface area contributed by atoms with Crippen molar-refractivity contribution in [2.75, 3.05) is 7.11 Å². The van der Waals surface area contributed by atoms with Crippen molar-refractivity contribution in [1.82, 2.24) is 5.32 Å². The highest BCUT2D eigenvalue weighted by Gasteiger charge is 2.03. The lowest BCUT2D eigenvalue weighted by molar-refractivity contribution is -0.116. The molecule has 0 radical (unpaired) electrons. The van der Waals surface area contributed by atoms with Crippen molar-refractivity contribution < 1.29 is 13.9 Å². The Kier molecular flexibility index (Phi) is 5.31. The van der Waals surface area contributed by atoms with Gasteiger partial charge in [0.15, 0.2) is 0 Å². The van der Waals surface area contributed by atoms with Crippen LogP contribution in [0, 0.1) is 12.7 Å². The lowest BCUT2D eigenvalue weighted by Gasteiger charge is -2.06. The summed E-state index contributed by atoms with van der Waals surface area (Å²) < 4.78 is 18.7. The van der Waals surface area contributed by atoms with E-state index in [1.807, 2.05) is 25.1 Å². The van der Waals surface area contributed by atoms with E-state index in [0.717, 1.165) is 11.1 Å². The maximum atomic E-state index is 13.4. The van der Waals surface area contributed by atoms with Crippen molar-refractivity contribution in [2.24, 2.45) is 0 Å². The number of ether oxygens (including phenoxy) is 1. The summed E-state index contributed by atoms with van der Waals surface area (Å²) >= 11 is 0. The summed E-state index contributed by atoms with van der Waals surface area (Å²) in [6.45, 7) is 2.12. The predicted octanol–water partition coefficient (Wildman–Crippen LogP) is 3.47. The van der Waals surface area contributed by atoms with Crippen molar-refractivity contribution in [3.05, 3.63) is 71.0 Å². The van der Waals surface area contributed by atoms with E-state index in [2.05, 4.69) is 5.32 Å². The molecule has 0 fully saturated rings. The van der Waals surface area contributed by atoms with Crippen LogP contribution in [0.5, 0.6) is 5.75 Å². The average Bonchev–Trinajstić information content (AvgIpc) is 2.52. The lowest BCUT2D eigenvalue weighted by Crippen LogP contribution is -2.20. The van der Waals surface area contributed by atoms with Crippen LogP contribution >= 0.6 is 0 Å². The Morgan fingerprint density at radius 2 is 2.05 bits per heavy atom. The van der Waals surface area contributed by atoms with Crippen LogP contribution < -0.4 is 10.1 Å². The number of nitrogens with one attached hydrogen (secondary N) is 1. The molecule has 1 amide bonds. The zero-order valence-electron chi connectivity index (χ0n) is 12.6. The van der Waals surface area contributed by atoms with Crippen LogP contribution in [0.15, 0.2) is 48.5 Å². The Balaban J connectivity index is 2.00. The third kappa shape index (κ3) is 4.19. The molecule has 0 spiro atoms. The lowest BCUT2D eigenvalue weighted by atomic mass is 10.1. The number of rotatable bonds is 5. The second-order valence-corrected chi connectivity index (χ2v) is 4.89. The van der Waals surface area contributed by atoms with Gasteiger partial charge >= 0.3 is 0 Å². The molecule has 0 aliphatic carbocycles. The molecule has 3 nitrogen and oxygen atoms in total. The van der Waals surface area contributed by atoms with Gasteiger partial charge in [-0.25, -0.2) is 4.39 Å². The third-order valence-corrected chi connectivity index (χ3v) is 3.21. The Hall–Kier alpha value is -2.62. The van der Waals surface area contributed by atoms with Crippen LogP contribution in [-0.4, -0.2) is 13.0 Å². The summed E-state index contributed by atoms with van der Waals surface area (Å²) in [6.07, 6.45) is 3.10. The zero-order valence-corrected chi connectivity index (χ0v) is 12.6. The van der Waals surface area contributed by atoms with Gasteiger partial charge in [-0.3, -0.25) is 4.79 Å². The third-order valence-electron chi connectivity index (χ3n) is 3.21. The van der Waals surface area contributed by atoms with Gasteiger partial charge in [0.05, 0.1) is 7.11 Å². The van der Waals surface area contributed by atoms with Gasteiger partial charge < -0.3 is 10.1 Å². The van der Waals surface area contributed by atoms with Gasteiger partial charge in [0.25, 0.3) is 0 Å². The first-order valence-corrected chi connectivity index (χ1v) is 6.94. The van der Waals surface area contributed by atoms with E-state index in [0.29, 0.717) is 11.3 Å². The number of amides is 1. The van der Waals surface area contributed by atoms with Crippen molar-refractivity contribution in [3.8, 4) is 5.75 Å². The first-order valence-electron chi connectivity index (χ1n) is 6.94. The normalized spacial score (nSPS) is 10.7. The number of carbonyl (C=O) groups is 1. The smallest absolute Gasteiger partial charge is 0.244 e. The molecular formula is C18H18FNO2. The number of methoxy groups -OCH3 is 1. The van der Waals surface area contributed by atoms with Gasteiger partial charge in [0.1, 0.15) is 11.6 Å². The average molecular weight is 299 g/mol. The molecule has 0 saturated carbocycles. The quantitative estimate of drug-likeness (QED) is 0.859. The number of halogens is 1. The molecule has 1 N–H and O–H groups in total. The molecule has 0 heterocycles. The van der Waals surface area contributed by atoms with Crippen LogP contribution in [0.4, 0.5) is 4.39 Å². The standard InChI is InChI=1S/C18H18FNO2/c1-13-7-9-17(22-2)14(11-13)8-10-18(21)20-12-15-5-3-4-6-16(15)19/h3-11H,12H2,1-2H3,(H,20,21)/b10-8+. The van der Waals surface area contributed by atoms with Gasteiger partial charge in [0, 0.05) is 23.7 Å². The van der Waals surface area contributed by atoms with Crippen molar-refractivity contribution in [1.29, 1.82) is 0 Å². The first-order chi connectivity index (χ1) is 10.6. The molecule has 4 heteroatoms. The van der Waals surface area contributed by atoms with E-state index >= 15 is 0 Å². The summed E-state index contributed by atoms with van der Waals surface area (Å²) in [5.41, 5.74) is 2.35. The fourth-order valence-electron chi connectivity index (χ4n) is 2.03. The number of hydrogen-bond acceptors (Lipinski definition) is 2. The molecule has 0 unspecified atom stereocenters. The van der Waals surface area contributed by atoms with Crippen LogP contribution in [0.3, 0.4) is 0 Å². The second-order valence-electron chi connectivity index (χ2n) is 4.89. The molecule has 0 bridgehead atoms. The van der Waals surface area contributed by atoms with E-state index in [4.69, 9.17) is 4.74 Å². The fourth-order valence-corrected chi connectivity index (χ4v) is 2.03. The molecule has 0 aromatic heterocycles. The van der Waals surface area contributed by atoms with E-state index < -0.39 is 0 Å².